The van der Waals surface area contributed by atoms with Crippen molar-refractivity contribution in [2.24, 2.45) is 0 Å². The fourth-order valence-corrected chi connectivity index (χ4v) is 3.40. The summed E-state index contributed by atoms with van der Waals surface area (Å²) in [6, 6.07) is 8.76. The molecule has 2 aromatic rings. The van der Waals surface area contributed by atoms with Crippen molar-refractivity contribution in [3.8, 4) is 5.75 Å². The van der Waals surface area contributed by atoms with Crippen LogP contribution in [0.25, 0.3) is 0 Å². The quantitative estimate of drug-likeness (QED) is 0.461. The van der Waals surface area contributed by atoms with Gasteiger partial charge in [0.05, 0.1) is 16.9 Å². The van der Waals surface area contributed by atoms with Crippen molar-refractivity contribution < 1.29 is 9.66 Å². The molecule has 0 amide bonds. The van der Waals surface area contributed by atoms with Crippen LogP contribution < -0.4 is 4.74 Å². The standard InChI is InChI=1S/C13H12BrNO3S/c1-18-10-7-13(19-8-10)11(14)6-9-4-2-3-5-12(9)15(16)17/h2-5,7-8,11H,6H2,1H3. The Kier molecular flexibility index (Phi) is 4.55. The largest absolute Gasteiger partial charge is 0.496 e. The molecule has 19 heavy (non-hydrogen) atoms. The van der Waals surface area contributed by atoms with Gasteiger partial charge in [-0.2, -0.15) is 0 Å². The zero-order valence-electron chi connectivity index (χ0n) is 10.2. The van der Waals surface area contributed by atoms with E-state index >= 15 is 0 Å². The third-order valence-electron chi connectivity index (χ3n) is 2.73. The number of hydrogen-bond acceptors (Lipinski definition) is 4. The average Bonchev–Trinajstić information content (AvgIpc) is 2.88. The first-order valence-corrected chi connectivity index (χ1v) is 7.40. The summed E-state index contributed by atoms with van der Waals surface area (Å²) in [5.41, 5.74) is 0.886. The molecule has 1 atom stereocenters. The molecule has 0 aliphatic rings. The molecule has 0 spiro atoms. The molecule has 2 rings (SSSR count). The lowest BCUT2D eigenvalue weighted by atomic mass is 10.1. The molecule has 0 aliphatic carbocycles. The van der Waals surface area contributed by atoms with Gasteiger partial charge < -0.3 is 4.74 Å². The molecule has 0 fully saturated rings. The maximum absolute atomic E-state index is 11.0. The topological polar surface area (TPSA) is 52.4 Å². The molecule has 1 aromatic carbocycles. The van der Waals surface area contributed by atoms with Crippen molar-refractivity contribution in [3.05, 3.63) is 56.3 Å². The lowest BCUT2D eigenvalue weighted by Gasteiger charge is -2.08. The Balaban J connectivity index is 2.19. The number of rotatable bonds is 5. The van der Waals surface area contributed by atoms with Crippen LogP contribution in [0.2, 0.25) is 0 Å². The molecule has 1 unspecified atom stereocenters. The van der Waals surface area contributed by atoms with Gasteiger partial charge in [0.15, 0.2) is 0 Å². The van der Waals surface area contributed by atoms with Crippen LogP contribution in [-0.2, 0) is 6.42 Å². The molecule has 1 heterocycles. The van der Waals surface area contributed by atoms with Crippen LogP contribution in [0.3, 0.4) is 0 Å². The molecule has 1 aromatic heterocycles. The number of nitro groups is 1. The molecule has 0 aliphatic heterocycles. The Morgan fingerprint density at radius 2 is 2.21 bits per heavy atom. The van der Waals surface area contributed by atoms with Gasteiger partial charge >= 0.3 is 0 Å². The highest BCUT2D eigenvalue weighted by atomic mass is 79.9. The van der Waals surface area contributed by atoms with E-state index in [1.807, 2.05) is 17.5 Å². The molecule has 0 bridgehead atoms. The highest BCUT2D eigenvalue weighted by Crippen LogP contribution is 2.36. The molecule has 0 saturated carbocycles. The SMILES string of the molecule is COc1csc(C(Br)Cc2ccccc2[N+](=O)[O-])c1. The van der Waals surface area contributed by atoms with Crippen LogP contribution >= 0.6 is 27.3 Å². The molecule has 100 valence electrons. The van der Waals surface area contributed by atoms with Crippen molar-refractivity contribution in [3.63, 3.8) is 0 Å². The molecule has 0 saturated heterocycles. The van der Waals surface area contributed by atoms with Gasteiger partial charge in [-0.15, -0.1) is 11.3 Å². The number of halogens is 1. The number of methoxy groups -OCH3 is 1. The number of nitrogens with zero attached hydrogens (tertiary/aromatic N) is 1. The van der Waals surface area contributed by atoms with Crippen LogP contribution in [0.4, 0.5) is 5.69 Å². The van der Waals surface area contributed by atoms with Crippen LogP contribution in [0.1, 0.15) is 15.3 Å². The number of ether oxygens (including phenoxy) is 1. The van der Waals surface area contributed by atoms with Crippen LogP contribution in [0.15, 0.2) is 35.7 Å². The molecular formula is C13H12BrNO3S. The fourth-order valence-electron chi connectivity index (χ4n) is 1.76. The third-order valence-corrected chi connectivity index (χ3v) is 4.87. The van der Waals surface area contributed by atoms with E-state index in [2.05, 4.69) is 15.9 Å². The Morgan fingerprint density at radius 3 is 2.84 bits per heavy atom. The predicted octanol–water partition coefficient (Wildman–Crippen LogP) is 4.34. The normalized spacial score (nSPS) is 12.1. The number of hydrogen-bond donors (Lipinski definition) is 0. The van der Waals surface area contributed by atoms with E-state index in [0.29, 0.717) is 6.42 Å². The van der Waals surface area contributed by atoms with Crippen LogP contribution in [0, 0.1) is 10.1 Å². The highest BCUT2D eigenvalue weighted by molar-refractivity contribution is 9.09. The van der Waals surface area contributed by atoms with Crippen molar-refractivity contribution in [2.45, 2.75) is 11.2 Å². The van der Waals surface area contributed by atoms with Gasteiger partial charge in [0, 0.05) is 21.9 Å². The summed E-state index contributed by atoms with van der Waals surface area (Å²) < 4.78 is 5.14. The lowest BCUT2D eigenvalue weighted by molar-refractivity contribution is -0.385. The van der Waals surface area contributed by atoms with Crippen molar-refractivity contribution in [1.82, 2.24) is 0 Å². The minimum absolute atomic E-state index is 0.0440. The average molecular weight is 342 g/mol. The van der Waals surface area contributed by atoms with Gasteiger partial charge in [-0.1, -0.05) is 34.1 Å². The Hall–Kier alpha value is -1.40. The van der Waals surface area contributed by atoms with E-state index in [0.717, 1.165) is 16.2 Å². The van der Waals surface area contributed by atoms with Gasteiger partial charge in [-0.3, -0.25) is 10.1 Å². The molecule has 0 radical (unpaired) electrons. The first kappa shape index (κ1) is 14.0. The molecular weight excluding hydrogens is 330 g/mol. The lowest BCUT2D eigenvalue weighted by Crippen LogP contribution is -1.98. The smallest absolute Gasteiger partial charge is 0.272 e. The number of thiophene rings is 1. The summed E-state index contributed by atoms with van der Waals surface area (Å²) in [5.74, 6) is 0.812. The Labute approximate surface area is 123 Å². The van der Waals surface area contributed by atoms with Gasteiger partial charge in [0.2, 0.25) is 0 Å². The van der Waals surface area contributed by atoms with Crippen LogP contribution in [-0.4, -0.2) is 12.0 Å². The maximum Gasteiger partial charge on any atom is 0.272 e. The van der Waals surface area contributed by atoms with E-state index in [1.165, 1.54) is 6.07 Å². The van der Waals surface area contributed by atoms with Crippen LogP contribution in [0.5, 0.6) is 5.75 Å². The number of alkyl halides is 1. The second kappa shape index (κ2) is 6.16. The van der Waals surface area contributed by atoms with Gasteiger partial charge in [0.1, 0.15) is 5.75 Å². The third kappa shape index (κ3) is 3.33. The zero-order valence-corrected chi connectivity index (χ0v) is 12.6. The summed E-state index contributed by atoms with van der Waals surface area (Å²) in [6.45, 7) is 0. The first-order chi connectivity index (χ1) is 9.11. The van der Waals surface area contributed by atoms with E-state index in [9.17, 15) is 10.1 Å². The molecule has 0 N–H and O–H groups in total. The Bertz CT molecular complexity index is 585. The van der Waals surface area contributed by atoms with Crippen molar-refractivity contribution in [1.29, 1.82) is 0 Å². The van der Waals surface area contributed by atoms with E-state index in [1.54, 1.807) is 30.6 Å². The van der Waals surface area contributed by atoms with Gasteiger partial charge in [0.25, 0.3) is 5.69 Å². The number of para-hydroxylation sites is 1. The zero-order chi connectivity index (χ0) is 13.8. The summed E-state index contributed by atoms with van der Waals surface area (Å²) in [4.78, 5) is 11.8. The monoisotopic (exact) mass is 341 g/mol. The minimum Gasteiger partial charge on any atom is -0.496 e. The van der Waals surface area contributed by atoms with E-state index in [4.69, 9.17) is 4.74 Å². The summed E-state index contributed by atoms with van der Waals surface area (Å²) >= 11 is 5.15. The predicted molar refractivity (Wildman–Crippen MR) is 79.3 cm³/mol. The molecule has 4 nitrogen and oxygen atoms in total. The summed E-state index contributed by atoms with van der Waals surface area (Å²) in [6.07, 6.45) is 0.570. The Morgan fingerprint density at radius 1 is 1.47 bits per heavy atom. The highest BCUT2D eigenvalue weighted by Gasteiger charge is 2.18. The summed E-state index contributed by atoms with van der Waals surface area (Å²) in [7, 11) is 1.62. The van der Waals surface area contributed by atoms with Crippen molar-refractivity contribution in [2.75, 3.05) is 7.11 Å². The van der Waals surface area contributed by atoms with E-state index < -0.39 is 0 Å². The minimum atomic E-state index is -0.343. The summed E-state index contributed by atoms with van der Waals surface area (Å²) in [5, 5.41) is 12.9. The maximum atomic E-state index is 11.0. The first-order valence-electron chi connectivity index (χ1n) is 5.60. The van der Waals surface area contributed by atoms with Gasteiger partial charge in [-0.05, 0) is 12.5 Å². The number of nitro benzene ring substituents is 1. The second-order valence-electron chi connectivity index (χ2n) is 3.95. The van der Waals surface area contributed by atoms with Gasteiger partial charge in [-0.25, -0.2) is 0 Å². The van der Waals surface area contributed by atoms with Crippen molar-refractivity contribution >= 4 is 33.0 Å². The van der Waals surface area contributed by atoms with E-state index in [-0.39, 0.29) is 15.4 Å². The molecule has 6 heteroatoms. The number of benzene rings is 1. The fraction of sp³-hybridized carbons (Fsp3) is 0.231. The second-order valence-corrected chi connectivity index (χ2v) is 5.99.